The molecule has 0 saturated carbocycles. The molecule has 0 unspecified atom stereocenters. The third kappa shape index (κ3) is 2.64. The number of sulfonamides is 1. The molecule has 7 heteroatoms. The quantitative estimate of drug-likeness (QED) is 0.769. The first kappa shape index (κ1) is 13.6. The summed E-state index contributed by atoms with van der Waals surface area (Å²) in [7, 11) is -3.67. The highest BCUT2D eigenvalue weighted by molar-refractivity contribution is 7.89. The molecule has 1 aromatic rings. The predicted octanol–water partition coefficient (Wildman–Crippen LogP) is 0.992. The molecular weight excluding hydrogens is 268 g/mol. The van der Waals surface area contributed by atoms with E-state index in [1.165, 1.54) is 12.1 Å². The van der Waals surface area contributed by atoms with Gasteiger partial charge in [0.05, 0.1) is 11.0 Å². The second kappa shape index (κ2) is 5.47. The van der Waals surface area contributed by atoms with Gasteiger partial charge in [0.15, 0.2) is 11.5 Å². The van der Waals surface area contributed by atoms with Crippen molar-refractivity contribution in [2.24, 2.45) is 0 Å². The fourth-order valence-corrected chi connectivity index (χ4v) is 3.14. The molecule has 6 nitrogen and oxygen atoms in total. The van der Waals surface area contributed by atoms with E-state index in [2.05, 4.69) is 0 Å². The molecule has 1 aromatic carbocycles. The van der Waals surface area contributed by atoms with Crippen molar-refractivity contribution in [2.75, 3.05) is 26.3 Å². The van der Waals surface area contributed by atoms with Crippen molar-refractivity contribution < 1.29 is 17.9 Å². The Balaban J connectivity index is 2.38. The number of nitrogens with zero attached hydrogens (tertiary/aromatic N) is 2. The van der Waals surface area contributed by atoms with Crippen molar-refractivity contribution in [3.05, 3.63) is 18.2 Å². The number of fused-ring (bicyclic) bond motifs is 1. The Bertz CT molecular complexity index is 607. The van der Waals surface area contributed by atoms with E-state index in [-0.39, 0.29) is 18.0 Å². The number of hydrogen-bond acceptors (Lipinski definition) is 5. The molecule has 1 heterocycles. The standard InChI is InChI=1S/C12H14N2O4S/c1-2-14(6-5-13)19(15,16)10-3-4-11-12(9-10)18-8-7-17-11/h3-4,9H,2,6-8H2,1H3. The molecule has 0 aromatic heterocycles. The van der Waals surface area contributed by atoms with E-state index >= 15 is 0 Å². The third-order valence-corrected chi connectivity index (χ3v) is 4.67. The first-order valence-corrected chi connectivity index (χ1v) is 7.30. The molecule has 102 valence electrons. The van der Waals surface area contributed by atoms with Gasteiger partial charge in [0.2, 0.25) is 10.0 Å². The molecule has 0 amide bonds. The first-order chi connectivity index (χ1) is 9.09. The first-order valence-electron chi connectivity index (χ1n) is 5.86. The number of nitriles is 1. The van der Waals surface area contributed by atoms with Crippen LogP contribution in [0.2, 0.25) is 0 Å². The Labute approximate surface area is 112 Å². The highest BCUT2D eigenvalue weighted by Crippen LogP contribution is 2.33. The highest BCUT2D eigenvalue weighted by atomic mass is 32.2. The van der Waals surface area contributed by atoms with Crippen molar-refractivity contribution in [1.29, 1.82) is 5.26 Å². The number of ether oxygens (including phenoxy) is 2. The molecule has 0 N–H and O–H groups in total. The van der Waals surface area contributed by atoms with Gasteiger partial charge in [-0.3, -0.25) is 0 Å². The maximum Gasteiger partial charge on any atom is 0.244 e. The molecule has 0 radical (unpaired) electrons. The van der Waals surface area contributed by atoms with E-state index in [1.807, 2.05) is 6.07 Å². The third-order valence-electron chi connectivity index (χ3n) is 2.75. The van der Waals surface area contributed by atoms with E-state index in [0.717, 1.165) is 4.31 Å². The van der Waals surface area contributed by atoms with Crippen molar-refractivity contribution in [2.45, 2.75) is 11.8 Å². The van der Waals surface area contributed by atoms with Crippen LogP contribution >= 0.6 is 0 Å². The van der Waals surface area contributed by atoms with E-state index < -0.39 is 10.0 Å². The van der Waals surface area contributed by atoms with Gasteiger partial charge in [-0.25, -0.2) is 8.42 Å². The Kier molecular flexibility index (Phi) is 3.93. The maximum absolute atomic E-state index is 12.3. The van der Waals surface area contributed by atoms with Gasteiger partial charge in [0.25, 0.3) is 0 Å². The minimum absolute atomic E-state index is 0.105. The summed E-state index contributed by atoms with van der Waals surface area (Å²) in [6, 6.07) is 6.31. The van der Waals surface area contributed by atoms with E-state index in [0.29, 0.717) is 24.7 Å². The number of benzene rings is 1. The molecule has 0 saturated heterocycles. The Morgan fingerprint density at radius 3 is 2.63 bits per heavy atom. The summed E-state index contributed by atoms with van der Waals surface area (Å²) in [5.74, 6) is 0.953. The van der Waals surface area contributed by atoms with E-state index in [1.54, 1.807) is 13.0 Å². The van der Waals surface area contributed by atoms with Crippen LogP contribution in [-0.4, -0.2) is 39.0 Å². The van der Waals surface area contributed by atoms with Crippen LogP contribution in [0.5, 0.6) is 11.5 Å². The van der Waals surface area contributed by atoms with Crippen LogP contribution in [0.1, 0.15) is 6.92 Å². The lowest BCUT2D eigenvalue weighted by molar-refractivity contribution is 0.171. The fourth-order valence-electron chi connectivity index (χ4n) is 1.78. The second-order valence-corrected chi connectivity index (χ2v) is 5.83. The molecule has 0 fully saturated rings. The van der Waals surface area contributed by atoms with Crippen molar-refractivity contribution in [1.82, 2.24) is 4.31 Å². The average molecular weight is 282 g/mol. The zero-order valence-corrected chi connectivity index (χ0v) is 11.3. The largest absolute Gasteiger partial charge is 0.486 e. The second-order valence-electron chi connectivity index (χ2n) is 3.89. The minimum atomic E-state index is -3.67. The van der Waals surface area contributed by atoms with Gasteiger partial charge in [-0.15, -0.1) is 0 Å². The average Bonchev–Trinajstić information content (AvgIpc) is 2.44. The van der Waals surface area contributed by atoms with E-state index in [9.17, 15) is 8.42 Å². The van der Waals surface area contributed by atoms with Gasteiger partial charge in [-0.05, 0) is 12.1 Å². The van der Waals surface area contributed by atoms with Gasteiger partial charge in [-0.1, -0.05) is 6.92 Å². The number of hydrogen-bond donors (Lipinski definition) is 0. The lowest BCUT2D eigenvalue weighted by atomic mass is 10.3. The SMILES string of the molecule is CCN(CC#N)S(=O)(=O)c1ccc2c(c1)OCCO2. The fraction of sp³-hybridized carbons (Fsp3) is 0.417. The van der Waals surface area contributed by atoms with Gasteiger partial charge in [0.1, 0.15) is 19.8 Å². The zero-order valence-electron chi connectivity index (χ0n) is 10.5. The van der Waals surface area contributed by atoms with Crippen molar-refractivity contribution >= 4 is 10.0 Å². The summed E-state index contributed by atoms with van der Waals surface area (Å²) in [5.41, 5.74) is 0. The molecule has 0 aliphatic carbocycles. The van der Waals surface area contributed by atoms with Crippen LogP contribution < -0.4 is 9.47 Å². The van der Waals surface area contributed by atoms with Gasteiger partial charge in [0, 0.05) is 12.6 Å². The Hall–Kier alpha value is -1.78. The Morgan fingerprint density at radius 1 is 1.32 bits per heavy atom. The van der Waals surface area contributed by atoms with Crippen LogP contribution in [0.3, 0.4) is 0 Å². The van der Waals surface area contributed by atoms with Crippen LogP contribution in [0, 0.1) is 11.3 Å². The van der Waals surface area contributed by atoms with Crippen LogP contribution in [0.4, 0.5) is 0 Å². The zero-order chi connectivity index (χ0) is 13.9. The van der Waals surface area contributed by atoms with Gasteiger partial charge >= 0.3 is 0 Å². The predicted molar refractivity (Wildman–Crippen MR) is 67.5 cm³/mol. The minimum Gasteiger partial charge on any atom is -0.486 e. The van der Waals surface area contributed by atoms with Crippen LogP contribution in [-0.2, 0) is 10.0 Å². The monoisotopic (exact) mass is 282 g/mol. The normalized spacial score (nSPS) is 14.2. The van der Waals surface area contributed by atoms with E-state index in [4.69, 9.17) is 14.7 Å². The molecule has 2 rings (SSSR count). The summed E-state index contributed by atoms with van der Waals surface area (Å²) < 4.78 is 36.4. The summed E-state index contributed by atoms with van der Waals surface area (Å²) in [6.07, 6.45) is 0. The Morgan fingerprint density at radius 2 is 2.00 bits per heavy atom. The molecule has 0 atom stereocenters. The van der Waals surface area contributed by atoms with Crippen LogP contribution in [0.25, 0.3) is 0 Å². The molecular formula is C12H14N2O4S. The van der Waals surface area contributed by atoms with Gasteiger partial charge in [-0.2, -0.15) is 9.57 Å². The molecule has 1 aliphatic rings. The smallest absolute Gasteiger partial charge is 0.244 e. The molecule has 0 bridgehead atoms. The molecule has 0 spiro atoms. The summed E-state index contributed by atoms with van der Waals surface area (Å²) in [4.78, 5) is 0.105. The molecule has 1 aliphatic heterocycles. The van der Waals surface area contributed by atoms with Crippen molar-refractivity contribution in [3.8, 4) is 17.6 Å². The lowest BCUT2D eigenvalue weighted by Crippen LogP contribution is -2.31. The van der Waals surface area contributed by atoms with Crippen molar-refractivity contribution in [3.63, 3.8) is 0 Å². The summed E-state index contributed by atoms with van der Waals surface area (Å²) >= 11 is 0. The van der Waals surface area contributed by atoms with Crippen LogP contribution in [0.15, 0.2) is 23.1 Å². The number of rotatable bonds is 4. The highest BCUT2D eigenvalue weighted by Gasteiger charge is 2.25. The summed E-state index contributed by atoms with van der Waals surface area (Å²) in [5, 5.41) is 8.67. The topological polar surface area (TPSA) is 79.6 Å². The van der Waals surface area contributed by atoms with Gasteiger partial charge < -0.3 is 9.47 Å². The molecule has 19 heavy (non-hydrogen) atoms. The maximum atomic E-state index is 12.3. The lowest BCUT2D eigenvalue weighted by Gasteiger charge is -2.21. The summed E-state index contributed by atoms with van der Waals surface area (Å²) in [6.45, 7) is 2.60.